The SMILES string of the molecule is N#Cc1ccnc(N2CC3CC(C(=O)N4N=CCC4c4cc(F)ccc4F)CC3C2)n1. The summed E-state index contributed by atoms with van der Waals surface area (Å²) in [7, 11) is 0. The second kappa shape index (κ2) is 7.69. The molecule has 1 amide bonds. The Morgan fingerprint density at radius 3 is 2.68 bits per heavy atom. The van der Waals surface area contributed by atoms with E-state index in [9.17, 15) is 13.6 Å². The highest BCUT2D eigenvalue weighted by Crippen LogP contribution is 2.44. The van der Waals surface area contributed by atoms with Crippen molar-refractivity contribution in [2.45, 2.75) is 25.3 Å². The van der Waals surface area contributed by atoms with E-state index in [1.165, 1.54) is 5.01 Å². The molecular weight excluding hydrogens is 402 g/mol. The molecule has 0 radical (unpaired) electrons. The minimum atomic E-state index is -0.609. The quantitative estimate of drug-likeness (QED) is 0.759. The zero-order valence-electron chi connectivity index (χ0n) is 16.7. The van der Waals surface area contributed by atoms with Gasteiger partial charge >= 0.3 is 0 Å². The minimum absolute atomic E-state index is 0.133. The molecule has 1 aromatic heterocycles. The molecule has 3 heterocycles. The van der Waals surface area contributed by atoms with Crippen LogP contribution in [0.25, 0.3) is 0 Å². The summed E-state index contributed by atoms with van der Waals surface area (Å²) < 4.78 is 28.0. The van der Waals surface area contributed by atoms with Gasteiger partial charge in [0.05, 0.1) is 6.04 Å². The predicted octanol–water partition coefficient (Wildman–Crippen LogP) is 3.05. The van der Waals surface area contributed by atoms with Gasteiger partial charge in [-0.3, -0.25) is 4.79 Å². The number of aromatic nitrogens is 2. The number of carbonyl (C=O) groups is 1. The van der Waals surface area contributed by atoms with Crippen LogP contribution in [0.3, 0.4) is 0 Å². The van der Waals surface area contributed by atoms with Crippen LogP contribution in [0.5, 0.6) is 0 Å². The highest BCUT2D eigenvalue weighted by atomic mass is 19.1. The standard InChI is InChI=1S/C22H20F2N6O/c23-16-1-2-19(24)18(9-16)20-4-6-27-30(20)21(31)13-7-14-11-29(12-15(14)8-13)22-26-5-3-17(10-25)28-22/h1-3,5-6,9,13-15,20H,4,7-8,11-12H2. The Kier molecular flexibility index (Phi) is 4.85. The van der Waals surface area contributed by atoms with Gasteiger partial charge in [-0.25, -0.2) is 23.8 Å². The lowest BCUT2D eigenvalue weighted by molar-refractivity contribution is -0.137. The lowest BCUT2D eigenvalue weighted by Crippen LogP contribution is -2.33. The van der Waals surface area contributed by atoms with E-state index >= 15 is 0 Å². The van der Waals surface area contributed by atoms with Gasteiger partial charge < -0.3 is 4.90 Å². The number of hydrogen-bond donors (Lipinski definition) is 0. The topological polar surface area (TPSA) is 85.5 Å². The van der Waals surface area contributed by atoms with E-state index in [0.717, 1.165) is 31.3 Å². The maximum absolute atomic E-state index is 14.3. The van der Waals surface area contributed by atoms with Crippen LogP contribution in [0, 0.1) is 40.7 Å². The Morgan fingerprint density at radius 2 is 1.94 bits per heavy atom. The van der Waals surface area contributed by atoms with Crippen LogP contribution in [0.2, 0.25) is 0 Å². The zero-order valence-corrected chi connectivity index (χ0v) is 16.7. The van der Waals surface area contributed by atoms with E-state index in [1.54, 1.807) is 18.5 Å². The summed E-state index contributed by atoms with van der Waals surface area (Å²) >= 11 is 0. The number of anilines is 1. The maximum Gasteiger partial charge on any atom is 0.246 e. The van der Waals surface area contributed by atoms with Crippen LogP contribution in [0.4, 0.5) is 14.7 Å². The first kappa shape index (κ1) is 19.5. The fourth-order valence-corrected chi connectivity index (χ4v) is 5.07. The summed E-state index contributed by atoms with van der Waals surface area (Å²) in [5.41, 5.74) is 0.488. The van der Waals surface area contributed by atoms with E-state index < -0.39 is 17.7 Å². The number of halogens is 2. The fraction of sp³-hybridized carbons (Fsp3) is 0.409. The largest absolute Gasteiger partial charge is 0.340 e. The summed E-state index contributed by atoms with van der Waals surface area (Å²) in [5.74, 6) is -0.216. The van der Waals surface area contributed by atoms with Crippen LogP contribution in [-0.4, -0.2) is 40.2 Å². The molecule has 3 aliphatic rings. The molecule has 2 fully saturated rings. The van der Waals surface area contributed by atoms with Gasteiger partial charge in [-0.2, -0.15) is 10.4 Å². The molecule has 2 aliphatic heterocycles. The Bertz CT molecular complexity index is 1090. The van der Waals surface area contributed by atoms with E-state index in [4.69, 9.17) is 5.26 Å². The number of carbonyl (C=O) groups excluding carboxylic acids is 1. The molecular formula is C22H20F2N6O. The highest BCUT2D eigenvalue weighted by Gasteiger charge is 2.46. The maximum atomic E-state index is 14.3. The van der Waals surface area contributed by atoms with Gasteiger partial charge in [-0.05, 0) is 48.9 Å². The molecule has 0 spiro atoms. The second-order valence-electron chi connectivity index (χ2n) is 8.35. The van der Waals surface area contributed by atoms with Crippen molar-refractivity contribution in [1.82, 2.24) is 15.0 Å². The number of benzene rings is 1. The molecule has 5 rings (SSSR count). The van der Waals surface area contributed by atoms with Gasteiger partial charge in [0.2, 0.25) is 11.9 Å². The van der Waals surface area contributed by atoms with Crippen molar-refractivity contribution in [2.75, 3.05) is 18.0 Å². The molecule has 0 bridgehead atoms. The van der Waals surface area contributed by atoms with Crippen molar-refractivity contribution >= 4 is 18.1 Å². The van der Waals surface area contributed by atoms with Crippen molar-refractivity contribution in [3.63, 3.8) is 0 Å². The molecule has 158 valence electrons. The van der Waals surface area contributed by atoms with Crippen LogP contribution >= 0.6 is 0 Å². The molecule has 0 N–H and O–H groups in total. The van der Waals surface area contributed by atoms with Crippen molar-refractivity contribution in [3.05, 3.63) is 53.4 Å². The molecule has 1 aromatic carbocycles. The first-order valence-electron chi connectivity index (χ1n) is 10.3. The van der Waals surface area contributed by atoms with Crippen molar-refractivity contribution < 1.29 is 13.6 Å². The number of nitrogens with zero attached hydrogens (tertiary/aromatic N) is 6. The van der Waals surface area contributed by atoms with Crippen LogP contribution in [-0.2, 0) is 4.79 Å². The zero-order chi connectivity index (χ0) is 21.5. The molecule has 7 nitrogen and oxygen atoms in total. The van der Waals surface area contributed by atoms with E-state index in [0.29, 0.717) is 42.7 Å². The van der Waals surface area contributed by atoms with Gasteiger partial charge in [-0.1, -0.05) is 0 Å². The number of rotatable bonds is 3. The first-order valence-corrected chi connectivity index (χ1v) is 10.3. The summed E-state index contributed by atoms with van der Waals surface area (Å²) in [6.07, 6.45) is 4.96. The highest BCUT2D eigenvalue weighted by molar-refractivity contribution is 5.82. The van der Waals surface area contributed by atoms with E-state index in [2.05, 4.69) is 20.0 Å². The summed E-state index contributed by atoms with van der Waals surface area (Å²) in [6, 6.07) is 6.29. The van der Waals surface area contributed by atoms with Crippen LogP contribution in [0.1, 0.15) is 36.6 Å². The first-order chi connectivity index (χ1) is 15.0. The third-order valence-corrected chi connectivity index (χ3v) is 6.51. The third-order valence-electron chi connectivity index (χ3n) is 6.51. The fourth-order valence-electron chi connectivity index (χ4n) is 5.07. The second-order valence-corrected chi connectivity index (χ2v) is 8.35. The van der Waals surface area contributed by atoms with E-state index in [1.807, 2.05) is 6.07 Å². The summed E-state index contributed by atoms with van der Waals surface area (Å²) in [6.45, 7) is 1.46. The Hall–Kier alpha value is -3.41. The predicted molar refractivity (Wildman–Crippen MR) is 108 cm³/mol. The van der Waals surface area contributed by atoms with Gasteiger partial charge in [0.25, 0.3) is 0 Å². The van der Waals surface area contributed by atoms with Crippen molar-refractivity contribution in [2.24, 2.45) is 22.9 Å². The Balaban J connectivity index is 1.27. The summed E-state index contributed by atoms with van der Waals surface area (Å²) in [4.78, 5) is 23.8. The van der Waals surface area contributed by atoms with Gasteiger partial charge in [0.1, 0.15) is 23.4 Å². The average molecular weight is 422 g/mol. The van der Waals surface area contributed by atoms with Crippen LogP contribution < -0.4 is 4.90 Å². The number of amides is 1. The third kappa shape index (κ3) is 3.52. The molecule has 1 saturated carbocycles. The normalized spacial score (nSPS) is 26.9. The number of nitriles is 1. The molecule has 1 aliphatic carbocycles. The van der Waals surface area contributed by atoms with Crippen LogP contribution in [0.15, 0.2) is 35.6 Å². The average Bonchev–Trinajstić information content (AvgIpc) is 3.50. The monoisotopic (exact) mass is 422 g/mol. The molecule has 1 saturated heterocycles. The van der Waals surface area contributed by atoms with Crippen molar-refractivity contribution in [3.8, 4) is 6.07 Å². The molecule has 2 aromatic rings. The number of hydrogen-bond acceptors (Lipinski definition) is 6. The summed E-state index contributed by atoms with van der Waals surface area (Å²) in [5, 5.41) is 14.6. The van der Waals surface area contributed by atoms with Gasteiger partial charge in [-0.15, -0.1) is 0 Å². The number of hydrazone groups is 1. The lowest BCUT2D eigenvalue weighted by atomic mass is 10.00. The number of fused-ring (bicyclic) bond motifs is 1. The van der Waals surface area contributed by atoms with Gasteiger partial charge in [0.15, 0.2) is 0 Å². The molecule has 9 heteroatoms. The smallest absolute Gasteiger partial charge is 0.246 e. The lowest BCUT2D eigenvalue weighted by Gasteiger charge is -2.26. The van der Waals surface area contributed by atoms with E-state index in [-0.39, 0.29) is 17.4 Å². The van der Waals surface area contributed by atoms with Crippen molar-refractivity contribution in [1.29, 1.82) is 5.26 Å². The minimum Gasteiger partial charge on any atom is -0.340 e. The molecule has 31 heavy (non-hydrogen) atoms. The molecule has 3 atom stereocenters. The Morgan fingerprint density at radius 1 is 1.16 bits per heavy atom. The van der Waals surface area contributed by atoms with Gasteiger partial charge in [0, 0.05) is 43.4 Å². The Labute approximate surface area is 178 Å². The molecule has 3 unspecified atom stereocenters.